The summed E-state index contributed by atoms with van der Waals surface area (Å²) in [7, 11) is 0. The second-order valence-corrected chi connectivity index (χ2v) is 5.70. The molecule has 1 saturated heterocycles. The van der Waals surface area contributed by atoms with E-state index in [0.29, 0.717) is 39.2 Å². The Hall–Kier alpha value is -1.88. The quantitative estimate of drug-likeness (QED) is 0.831. The van der Waals surface area contributed by atoms with Gasteiger partial charge in [-0.15, -0.1) is 0 Å². The molecule has 1 aliphatic heterocycles. The first-order valence-electron chi connectivity index (χ1n) is 7.75. The first-order chi connectivity index (χ1) is 10.6. The SMILES string of the molecule is CC(=O)N(CCC(=O)N1CCO[C@H](C)C1)Cc1ccccc1. The number of ether oxygens (including phenoxy) is 1. The Morgan fingerprint density at radius 1 is 1.32 bits per heavy atom. The lowest BCUT2D eigenvalue weighted by Gasteiger charge is -2.32. The predicted octanol–water partition coefficient (Wildman–Crippen LogP) is 1.67. The maximum Gasteiger partial charge on any atom is 0.224 e. The van der Waals surface area contributed by atoms with Crippen LogP contribution in [-0.4, -0.2) is 54.0 Å². The highest BCUT2D eigenvalue weighted by atomic mass is 16.5. The van der Waals surface area contributed by atoms with Crippen LogP contribution in [-0.2, 0) is 20.9 Å². The molecule has 0 saturated carbocycles. The Kier molecular flexibility index (Phi) is 5.95. The smallest absolute Gasteiger partial charge is 0.224 e. The summed E-state index contributed by atoms with van der Waals surface area (Å²) in [5, 5.41) is 0. The predicted molar refractivity (Wildman–Crippen MR) is 84.1 cm³/mol. The Balaban J connectivity index is 1.86. The minimum absolute atomic E-state index is 0.00741. The molecule has 120 valence electrons. The highest BCUT2D eigenvalue weighted by Gasteiger charge is 2.22. The number of hydrogen-bond donors (Lipinski definition) is 0. The Morgan fingerprint density at radius 3 is 2.68 bits per heavy atom. The number of carbonyl (C=O) groups is 2. The first kappa shape index (κ1) is 16.5. The van der Waals surface area contributed by atoms with E-state index in [0.717, 1.165) is 5.56 Å². The lowest BCUT2D eigenvalue weighted by Crippen LogP contribution is -2.45. The van der Waals surface area contributed by atoms with Crippen LogP contribution in [0, 0.1) is 0 Å². The largest absolute Gasteiger partial charge is 0.375 e. The van der Waals surface area contributed by atoms with Crippen LogP contribution in [0.5, 0.6) is 0 Å². The minimum Gasteiger partial charge on any atom is -0.375 e. The van der Waals surface area contributed by atoms with Crippen LogP contribution >= 0.6 is 0 Å². The first-order valence-corrected chi connectivity index (χ1v) is 7.75. The molecule has 5 heteroatoms. The van der Waals surface area contributed by atoms with Crippen LogP contribution in [0.25, 0.3) is 0 Å². The third kappa shape index (κ3) is 4.84. The topological polar surface area (TPSA) is 49.9 Å². The summed E-state index contributed by atoms with van der Waals surface area (Å²) in [5.74, 6) is 0.0847. The van der Waals surface area contributed by atoms with Gasteiger partial charge in [0.1, 0.15) is 0 Å². The Morgan fingerprint density at radius 2 is 2.05 bits per heavy atom. The zero-order valence-electron chi connectivity index (χ0n) is 13.3. The minimum atomic E-state index is -0.00741. The number of hydrogen-bond acceptors (Lipinski definition) is 3. The Labute approximate surface area is 131 Å². The fourth-order valence-electron chi connectivity index (χ4n) is 2.59. The molecule has 0 unspecified atom stereocenters. The van der Waals surface area contributed by atoms with Crippen LogP contribution in [0.2, 0.25) is 0 Å². The van der Waals surface area contributed by atoms with Gasteiger partial charge < -0.3 is 14.5 Å². The zero-order chi connectivity index (χ0) is 15.9. The molecule has 1 aromatic rings. The number of rotatable bonds is 5. The summed E-state index contributed by atoms with van der Waals surface area (Å²) in [5.41, 5.74) is 1.07. The van der Waals surface area contributed by atoms with Crippen molar-refractivity contribution in [3.8, 4) is 0 Å². The van der Waals surface area contributed by atoms with Crippen LogP contribution < -0.4 is 0 Å². The van der Waals surface area contributed by atoms with E-state index in [2.05, 4.69) is 0 Å². The average Bonchev–Trinajstić information content (AvgIpc) is 2.51. The van der Waals surface area contributed by atoms with E-state index in [1.807, 2.05) is 42.2 Å². The van der Waals surface area contributed by atoms with E-state index < -0.39 is 0 Å². The summed E-state index contributed by atoms with van der Waals surface area (Å²) < 4.78 is 5.44. The maximum atomic E-state index is 12.3. The summed E-state index contributed by atoms with van der Waals surface area (Å²) in [6.07, 6.45) is 0.449. The van der Waals surface area contributed by atoms with Gasteiger partial charge in [-0.3, -0.25) is 9.59 Å². The molecule has 0 N–H and O–H groups in total. The third-order valence-electron chi connectivity index (χ3n) is 3.85. The van der Waals surface area contributed by atoms with Gasteiger partial charge in [-0.25, -0.2) is 0 Å². The molecule has 2 rings (SSSR count). The van der Waals surface area contributed by atoms with Crippen molar-refractivity contribution in [2.75, 3.05) is 26.2 Å². The molecule has 22 heavy (non-hydrogen) atoms. The molecular weight excluding hydrogens is 280 g/mol. The van der Waals surface area contributed by atoms with Crippen LogP contribution in [0.4, 0.5) is 0 Å². The summed E-state index contributed by atoms with van der Waals surface area (Å²) in [6.45, 7) is 6.38. The third-order valence-corrected chi connectivity index (χ3v) is 3.85. The molecule has 0 radical (unpaired) electrons. The van der Waals surface area contributed by atoms with E-state index >= 15 is 0 Å². The van der Waals surface area contributed by atoms with Crippen LogP contribution in [0.3, 0.4) is 0 Å². The van der Waals surface area contributed by atoms with Crippen LogP contribution in [0.15, 0.2) is 30.3 Å². The van der Waals surface area contributed by atoms with E-state index in [-0.39, 0.29) is 17.9 Å². The van der Waals surface area contributed by atoms with Crippen molar-refractivity contribution >= 4 is 11.8 Å². The van der Waals surface area contributed by atoms with Crippen molar-refractivity contribution in [3.63, 3.8) is 0 Å². The lowest BCUT2D eigenvalue weighted by molar-refractivity contribution is -0.139. The van der Waals surface area contributed by atoms with Gasteiger partial charge in [0.2, 0.25) is 11.8 Å². The molecule has 1 heterocycles. The molecule has 1 atom stereocenters. The van der Waals surface area contributed by atoms with Gasteiger partial charge in [0, 0.05) is 39.5 Å². The number of morpholine rings is 1. The van der Waals surface area contributed by atoms with Gasteiger partial charge in [0.15, 0.2) is 0 Å². The van der Waals surface area contributed by atoms with E-state index in [1.54, 1.807) is 11.8 Å². The second-order valence-electron chi connectivity index (χ2n) is 5.70. The second kappa shape index (κ2) is 7.94. The molecule has 1 aromatic carbocycles. The number of carbonyl (C=O) groups excluding carboxylic acids is 2. The highest BCUT2D eigenvalue weighted by molar-refractivity contribution is 5.78. The van der Waals surface area contributed by atoms with E-state index in [4.69, 9.17) is 4.74 Å². The monoisotopic (exact) mass is 304 g/mol. The standard InChI is InChI=1S/C17H24N2O3/c1-14-12-19(10-11-22-14)17(21)8-9-18(15(2)20)13-16-6-4-3-5-7-16/h3-7,14H,8-13H2,1-2H3/t14-/m1/s1. The van der Waals surface area contributed by atoms with Crippen LogP contribution in [0.1, 0.15) is 25.8 Å². The maximum absolute atomic E-state index is 12.3. The average molecular weight is 304 g/mol. The fourth-order valence-corrected chi connectivity index (χ4v) is 2.59. The normalized spacial score (nSPS) is 18.1. The Bertz CT molecular complexity index is 504. The van der Waals surface area contributed by atoms with Crippen molar-refractivity contribution in [3.05, 3.63) is 35.9 Å². The van der Waals surface area contributed by atoms with Gasteiger partial charge >= 0.3 is 0 Å². The van der Waals surface area contributed by atoms with Crippen molar-refractivity contribution in [2.45, 2.75) is 32.9 Å². The molecule has 0 aromatic heterocycles. The van der Waals surface area contributed by atoms with E-state index in [9.17, 15) is 9.59 Å². The van der Waals surface area contributed by atoms with Crippen molar-refractivity contribution in [1.82, 2.24) is 9.80 Å². The number of nitrogens with zero attached hydrogens (tertiary/aromatic N) is 2. The van der Waals surface area contributed by atoms with Gasteiger partial charge in [-0.2, -0.15) is 0 Å². The molecule has 0 spiro atoms. The molecule has 0 aliphatic carbocycles. The van der Waals surface area contributed by atoms with Gasteiger partial charge in [0.05, 0.1) is 12.7 Å². The van der Waals surface area contributed by atoms with Gasteiger partial charge in [-0.1, -0.05) is 30.3 Å². The summed E-state index contributed by atoms with van der Waals surface area (Å²) >= 11 is 0. The number of amides is 2. The lowest BCUT2D eigenvalue weighted by atomic mass is 10.2. The van der Waals surface area contributed by atoms with Gasteiger partial charge in [-0.05, 0) is 12.5 Å². The van der Waals surface area contributed by atoms with Gasteiger partial charge in [0.25, 0.3) is 0 Å². The van der Waals surface area contributed by atoms with Crippen molar-refractivity contribution in [1.29, 1.82) is 0 Å². The molecular formula is C17H24N2O3. The van der Waals surface area contributed by atoms with Crippen molar-refractivity contribution in [2.24, 2.45) is 0 Å². The summed E-state index contributed by atoms with van der Waals surface area (Å²) in [6, 6.07) is 9.83. The molecule has 1 fully saturated rings. The highest BCUT2D eigenvalue weighted by Crippen LogP contribution is 2.09. The molecule has 1 aliphatic rings. The van der Waals surface area contributed by atoms with Crippen molar-refractivity contribution < 1.29 is 14.3 Å². The summed E-state index contributed by atoms with van der Waals surface area (Å²) in [4.78, 5) is 27.6. The fraction of sp³-hybridized carbons (Fsp3) is 0.529. The molecule has 0 bridgehead atoms. The van der Waals surface area contributed by atoms with E-state index in [1.165, 1.54) is 0 Å². The number of benzene rings is 1. The molecule has 5 nitrogen and oxygen atoms in total. The molecule has 2 amide bonds. The zero-order valence-corrected chi connectivity index (χ0v) is 13.3.